The second-order valence-corrected chi connectivity index (χ2v) is 24.0. The Labute approximate surface area is 217 Å². The van der Waals surface area contributed by atoms with Crippen LogP contribution in [0, 0.1) is 0 Å². The topological polar surface area (TPSA) is 52.6 Å². The molecule has 1 rings (SSSR count). The molecule has 0 fully saturated rings. The van der Waals surface area contributed by atoms with E-state index in [2.05, 4.69) is 27.7 Å². The fourth-order valence-electron chi connectivity index (χ4n) is 3.82. The first-order chi connectivity index (χ1) is 16.0. The zero-order valence-corrected chi connectivity index (χ0v) is 28.0. The van der Waals surface area contributed by atoms with Gasteiger partial charge in [-0.15, -0.1) is 0 Å². The molecule has 1 aromatic carbocycles. The van der Waals surface area contributed by atoms with Crippen LogP contribution < -0.4 is 0 Å². The first-order valence-corrected chi connectivity index (χ1v) is 25.2. The fourth-order valence-corrected chi connectivity index (χ4v) is 19.1. The summed E-state index contributed by atoms with van der Waals surface area (Å²) in [6.07, 6.45) is 10.9. The molecule has 0 unspecified atom stereocenters. The summed E-state index contributed by atoms with van der Waals surface area (Å²) in [4.78, 5) is 26.1. The fraction of sp³-hybridized carbons (Fsp3) is 0.630. The third-order valence-corrected chi connectivity index (χ3v) is 21.1. The van der Waals surface area contributed by atoms with Crippen LogP contribution >= 0.6 is 0 Å². The first kappa shape index (κ1) is 30.5. The van der Waals surface area contributed by atoms with E-state index in [0.29, 0.717) is 12.0 Å². The molecule has 33 heavy (non-hydrogen) atoms. The summed E-state index contributed by atoms with van der Waals surface area (Å²) in [6, 6.07) is 9.87. The first-order valence-electron chi connectivity index (χ1n) is 13.2. The van der Waals surface area contributed by atoms with Crippen LogP contribution in [0.4, 0.5) is 0 Å². The number of rotatable bonds is 18. The third-order valence-electron chi connectivity index (χ3n) is 5.87. The van der Waals surface area contributed by atoms with E-state index in [9.17, 15) is 9.59 Å². The number of hydrogen-bond acceptors (Lipinski definition) is 4. The van der Waals surface area contributed by atoms with Gasteiger partial charge in [0.25, 0.3) is 0 Å². The van der Waals surface area contributed by atoms with Crippen LogP contribution in [0.25, 0.3) is 0 Å². The van der Waals surface area contributed by atoms with Crippen LogP contribution in [0.5, 0.6) is 0 Å². The van der Waals surface area contributed by atoms with E-state index in [1.54, 1.807) is 0 Å². The molecule has 0 aliphatic carbocycles. The standard InChI is InChI=1S/C11H10O4.4C4H9.2Sn.2H/c12-10(13)7-9(11(14)15)6-8-4-2-1-3-5-8;4*1-3-4-2;;;;/h1-5,7H,6H2,(H,12,13)(H,14,15);4*1,3-4H2,2H3;;;;/q;;;;;2*+1;;/p-2/b9-7-;;;;;;;;. The van der Waals surface area contributed by atoms with Crippen molar-refractivity contribution in [1.82, 2.24) is 0 Å². The molecular weight excluding hydrogens is 626 g/mol. The molecule has 4 nitrogen and oxygen atoms in total. The van der Waals surface area contributed by atoms with E-state index < -0.39 is 40.3 Å². The zero-order valence-electron chi connectivity index (χ0n) is 21.4. The molecular formula is C27H46O4Sn2. The van der Waals surface area contributed by atoms with E-state index in [4.69, 9.17) is 6.15 Å². The minimum atomic E-state index is -2.41. The molecule has 0 bridgehead atoms. The number of carbonyl (C=O) groups excluding carboxylic acids is 2. The molecule has 0 heterocycles. The summed E-state index contributed by atoms with van der Waals surface area (Å²) in [5.41, 5.74) is 1.47. The molecule has 0 atom stereocenters. The maximum absolute atomic E-state index is 13.2. The summed E-state index contributed by atoms with van der Waals surface area (Å²) in [6.45, 7) is 8.72. The van der Waals surface area contributed by atoms with Crippen LogP contribution in [-0.4, -0.2) is 52.3 Å². The van der Waals surface area contributed by atoms with Gasteiger partial charge in [-0.3, -0.25) is 0 Å². The van der Waals surface area contributed by atoms with Crippen molar-refractivity contribution in [3.63, 3.8) is 0 Å². The number of unbranched alkanes of at least 4 members (excludes halogenated alkanes) is 4. The van der Waals surface area contributed by atoms with Crippen molar-refractivity contribution in [2.24, 2.45) is 0 Å². The number of carbonyl (C=O) groups is 2. The molecule has 0 aliphatic rings. The van der Waals surface area contributed by atoms with Crippen molar-refractivity contribution in [2.75, 3.05) is 0 Å². The summed E-state index contributed by atoms with van der Waals surface area (Å²) in [5, 5.41) is 0. The Morgan fingerprint density at radius 1 is 0.727 bits per heavy atom. The van der Waals surface area contributed by atoms with Crippen LogP contribution in [0.3, 0.4) is 0 Å². The normalized spacial score (nSPS) is 11.8. The van der Waals surface area contributed by atoms with Crippen molar-refractivity contribution < 1.29 is 15.7 Å². The van der Waals surface area contributed by atoms with Gasteiger partial charge in [-0.05, 0) is 0 Å². The number of benzene rings is 1. The SMILES string of the molecule is CCC[CH2][SnH]([CH2]CCC)[O]C(=O)/C=C(/Cc1ccccc1)C(=O)[O][SnH]([CH2]CCC)[CH2]CCC. The molecule has 0 aromatic heterocycles. The van der Waals surface area contributed by atoms with Gasteiger partial charge < -0.3 is 0 Å². The Balaban J connectivity index is 2.99. The molecule has 0 radical (unpaired) electrons. The van der Waals surface area contributed by atoms with E-state index in [0.717, 1.165) is 74.7 Å². The molecule has 0 saturated heterocycles. The molecule has 0 spiro atoms. The summed E-state index contributed by atoms with van der Waals surface area (Å²) >= 11 is -4.78. The van der Waals surface area contributed by atoms with E-state index in [-0.39, 0.29) is 11.9 Å². The number of hydrogen-bond donors (Lipinski definition) is 0. The predicted octanol–water partition coefficient (Wildman–Crippen LogP) is 6.89. The van der Waals surface area contributed by atoms with Gasteiger partial charge in [0.1, 0.15) is 0 Å². The van der Waals surface area contributed by atoms with Crippen LogP contribution in [0.2, 0.25) is 17.7 Å². The summed E-state index contributed by atoms with van der Waals surface area (Å²) < 4.78 is 16.5. The Morgan fingerprint density at radius 2 is 1.18 bits per heavy atom. The Bertz CT molecular complexity index is 675. The van der Waals surface area contributed by atoms with Gasteiger partial charge in [0, 0.05) is 0 Å². The zero-order chi connectivity index (χ0) is 24.3. The molecule has 6 heteroatoms. The second kappa shape index (κ2) is 19.8. The van der Waals surface area contributed by atoms with Crippen molar-refractivity contribution in [3.8, 4) is 0 Å². The molecule has 186 valence electrons. The van der Waals surface area contributed by atoms with Gasteiger partial charge in [0.2, 0.25) is 0 Å². The van der Waals surface area contributed by atoms with Gasteiger partial charge >= 0.3 is 219 Å². The van der Waals surface area contributed by atoms with Crippen LogP contribution in [0.15, 0.2) is 42.0 Å². The Kier molecular flexibility index (Phi) is 18.3. The average molecular weight is 672 g/mol. The Hall–Kier alpha value is -0.503. The van der Waals surface area contributed by atoms with Gasteiger partial charge in [-0.25, -0.2) is 0 Å². The predicted molar refractivity (Wildman–Crippen MR) is 144 cm³/mol. The molecule has 0 amide bonds. The minimum absolute atomic E-state index is 0.280. The van der Waals surface area contributed by atoms with Gasteiger partial charge in [-0.1, -0.05) is 0 Å². The van der Waals surface area contributed by atoms with Gasteiger partial charge in [0.15, 0.2) is 0 Å². The molecule has 0 saturated carbocycles. The van der Waals surface area contributed by atoms with E-state index in [1.165, 1.54) is 6.08 Å². The van der Waals surface area contributed by atoms with Crippen molar-refractivity contribution >= 4 is 52.3 Å². The van der Waals surface area contributed by atoms with Crippen molar-refractivity contribution in [2.45, 2.75) is 103 Å². The summed E-state index contributed by atoms with van der Waals surface area (Å²) in [5.74, 6) is -0.600. The Morgan fingerprint density at radius 3 is 1.64 bits per heavy atom. The quantitative estimate of drug-likeness (QED) is 0.126. The monoisotopic (exact) mass is 674 g/mol. The van der Waals surface area contributed by atoms with Crippen LogP contribution in [-0.2, 0) is 22.2 Å². The van der Waals surface area contributed by atoms with Crippen molar-refractivity contribution in [1.29, 1.82) is 0 Å². The van der Waals surface area contributed by atoms with Crippen LogP contribution in [0.1, 0.15) is 84.6 Å². The second-order valence-electron chi connectivity index (χ2n) is 8.99. The van der Waals surface area contributed by atoms with E-state index >= 15 is 0 Å². The average Bonchev–Trinajstić information content (AvgIpc) is 2.82. The molecule has 0 N–H and O–H groups in total. The van der Waals surface area contributed by atoms with Gasteiger partial charge in [0.05, 0.1) is 0 Å². The third kappa shape index (κ3) is 14.5. The summed E-state index contributed by atoms with van der Waals surface area (Å²) in [7, 11) is 0. The van der Waals surface area contributed by atoms with Crippen molar-refractivity contribution in [3.05, 3.63) is 47.5 Å². The van der Waals surface area contributed by atoms with Gasteiger partial charge in [-0.2, -0.15) is 0 Å². The molecule has 0 aliphatic heterocycles. The maximum atomic E-state index is 13.2. The van der Waals surface area contributed by atoms with E-state index in [1.807, 2.05) is 30.3 Å². The molecule has 1 aromatic rings.